The maximum absolute atomic E-state index is 5.94. The number of anilines is 1. The molecule has 4 nitrogen and oxygen atoms in total. The van der Waals surface area contributed by atoms with Gasteiger partial charge in [-0.15, -0.1) is 11.3 Å². The first-order valence-electron chi connectivity index (χ1n) is 5.36. The summed E-state index contributed by atoms with van der Waals surface area (Å²) in [5.74, 6) is 0.722. The fraction of sp³-hybridized carbons (Fsp3) is 0.364. The molecule has 96 valence electrons. The largest absolute Gasteiger partial charge is 0.361 e. The van der Waals surface area contributed by atoms with E-state index in [0.29, 0.717) is 10.3 Å². The minimum Gasteiger partial charge on any atom is -0.361 e. The van der Waals surface area contributed by atoms with E-state index in [-0.39, 0.29) is 6.04 Å². The third kappa shape index (κ3) is 3.34. The first-order valence-corrected chi connectivity index (χ1v) is 7.78. The molecule has 0 amide bonds. The highest BCUT2D eigenvalue weighted by Gasteiger charge is 2.11. The van der Waals surface area contributed by atoms with Crippen LogP contribution in [-0.2, 0) is 0 Å². The van der Waals surface area contributed by atoms with E-state index in [1.165, 1.54) is 16.6 Å². The summed E-state index contributed by atoms with van der Waals surface area (Å²) in [6, 6.07) is 1.82. The monoisotopic (exact) mass is 300 g/mol. The molecule has 0 aliphatic heterocycles. The summed E-state index contributed by atoms with van der Waals surface area (Å²) < 4.78 is 0. The Kier molecular flexibility index (Phi) is 4.42. The molecule has 2 rings (SSSR count). The predicted molar refractivity (Wildman–Crippen MR) is 77.7 cm³/mol. The summed E-state index contributed by atoms with van der Waals surface area (Å²) in [6.07, 6.45) is 3.79. The number of halogens is 1. The summed E-state index contributed by atoms with van der Waals surface area (Å²) in [7, 11) is 0. The standard InChI is InChI=1S/C11H13ClN4S2/c1-6-5-13-10(18-6)7(2)14-9-4-8(12)15-11(16-9)17-3/h4-5,7H,1-3H3,(H,14,15,16). The van der Waals surface area contributed by atoms with E-state index >= 15 is 0 Å². The summed E-state index contributed by atoms with van der Waals surface area (Å²) >= 11 is 9.08. The molecule has 0 aromatic carbocycles. The van der Waals surface area contributed by atoms with Crippen LogP contribution in [0.1, 0.15) is 22.9 Å². The van der Waals surface area contributed by atoms with Crippen LogP contribution in [0.2, 0.25) is 5.15 Å². The van der Waals surface area contributed by atoms with Gasteiger partial charge in [-0.2, -0.15) is 0 Å². The zero-order valence-electron chi connectivity index (χ0n) is 10.3. The molecule has 2 aromatic heterocycles. The molecule has 2 heterocycles. The fourth-order valence-corrected chi connectivity index (χ4v) is 2.81. The molecule has 18 heavy (non-hydrogen) atoms. The van der Waals surface area contributed by atoms with E-state index in [4.69, 9.17) is 11.6 Å². The van der Waals surface area contributed by atoms with Gasteiger partial charge in [0.15, 0.2) is 5.16 Å². The van der Waals surface area contributed by atoms with Crippen LogP contribution in [-0.4, -0.2) is 21.2 Å². The lowest BCUT2D eigenvalue weighted by Crippen LogP contribution is -2.08. The molecule has 0 saturated heterocycles. The lowest BCUT2D eigenvalue weighted by Gasteiger charge is -2.12. The number of thioether (sulfide) groups is 1. The summed E-state index contributed by atoms with van der Waals surface area (Å²) in [5, 5.41) is 5.42. The summed E-state index contributed by atoms with van der Waals surface area (Å²) in [6.45, 7) is 4.09. The lowest BCUT2D eigenvalue weighted by molar-refractivity contribution is 0.845. The molecule has 0 aliphatic carbocycles. The number of aryl methyl sites for hydroxylation is 1. The molecule has 1 N–H and O–H groups in total. The van der Waals surface area contributed by atoms with Gasteiger partial charge in [0.05, 0.1) is 6.04 Å². The molecule has 0 bridgehead atoms. The van der Waals surface area contributed by atoms with Crippen molar-refractivity contribution in [2.45, 2.75) is 25.0 Å². The van der Waals surface area contributed by atoms with Gasteiger partial charge >= 0.3 is 0 Å². The normalized spacial score (nSPS) is 12.4. The van der Waals surface area contributed by atoms with E-state index in [0.717, 1.165) is 10.8 Å². The highest BCUT2D eigenvalue weighted by molar-refractivity contribution is 7.98. The number of nitrogens with one attached hydrogen (secondary N) is 1. The van der Waals surface area contributed by atoms with Crippen LogP contribution in [0, 0.1) is 6.92 Å². The Morgan fingerprint density at radius 1 is 1.44 bits per heavy atom. The van der Waals surface area contributed by atoms with Crippen LogP contribution in [0.25, 0.3) is 0 Å². The topological polar surface area (TPSA) is 50.7 Å². The first-order chi connectivity index (χ1) is 8.58. The maximum atomic E-state index is 5.94. The van der Waals surface area contributed by atoms with Crippen molar-refractivity contribution < 1.29 is 0 Å². The summed E-state index contributed by atoms with van der Waals surface area (Å²) in [5.41, 5.74) is 0. The molecule has 0 radical (unpaired) electrons. The van der Waals surface area contributed by atoms with E-state index in [9.17, 15) is 0 Å². The predicted octanol–water partition coefficient (Wildman–Crippen LogP) is 3.79. The van der Waals surface area contributed by atoms with Gasteiger partial charge in [-0.25, -0.2) is 15.0 Å². The molecule has 1 unspecified atom stereocenters. The minimum atomic E-state index is 0.101. The second-order valence-electron chi connectivity index (χ2n) is 3.74. The molecule has 0 aliphatic rings. The van der Waals surface area contributed by atoms with Crippen molar-refractivity contribution in [2.75, 3.05) is 11.6 Å². The molecular formula is C11H13ClN4S2. The highest BCUT2D eigenvalue weighted by atomic mass is 35.5. The lowest BCUT2D eigenvalue weighted by atomic mass is 10.3. The van der Waals surface area contributed by atoms with E-state index in [1.54, 1.807) is 17.4 Å². The van der Waals surface area contributed by atoms with E-state index < -0.39 is 0 Å². The second kappa shape index (κ2) is 5.86. The average molecular weight is 301 g/mol. The summed E-state index contributed by atoms with van der Waals surface area (Å²) in [4.78, 5) is 14.0. The Labute approximate surface area is 119 Å². The number of thiazole rings is 1. The highest BCUT2D eigenvalue weighted by Crippen LogP contribution is 2.24. The Morgan fingerprint density at radius 2 is 2.22 bits per heavy atom. The zero-order chi connectivity index (χ0) is 13.1. The Balaban J connectivity index is 2.16. The van der Waals surface area contributed by atoms with Gasteiger partial charge in [0.1, 0.15) is 16.0 Å². The minimum absolute atomic E-state index is 0.101. The van der Waals surface area contributed by atoms with Crippen LogP contribution in [0.15, 0.2) is 17.4 Å². The second-order valence-corrected chi connectivity index (χ2v) is 6.16. The van der Waals surface area contributed by atoms with Gasteiger partial charge in [0.2, 0.25) is 0 Å². The SMILES string of the molecule is CSc1nc(Cl)cc(NC(C)c2ncc(C)s2)n1. The van der Waals surface area contributed by atoms with Crippen molar-refractivity contribution in [1.29, 1.82) is 0 Å². The third-order valence-corrected chi connectivity index (χ3v) is 4.07. The van der Waals surface area contributed by atoms with Gasteiger partial charge in [0.25, 0.3) is 0 Å². The van der Waals surface area contributed by atoms with Crippen LogP contribution in [0.5, 0.6) is 0 Å². The zero-order valence-corrected chi connectivity index (χ0v) is 12.7. The number of hydrogen-bond donors (Lipinski definition) is 1. The van der Waals surface area contributed by atoms with Gasteiger partial charge in [-0.3, -0.25) is 0 Å². The Morgan fingerprint density at radius 3 is 2.83 bits per heavy atom. The van der Waals surface area contributed by atoms with E-state index in [1.807, 2.05) is 26.3 Å². The Hall–Kier alpha value is -0.850. The van der Waals surface area contributed by atoms with Gasteiger partial charge in [0, 0.05) is 17.1 Å². The van der Waals surface area contributed by atoms with Gasteiger partial charge < -0.3 is 5.32 Å². The van der Waals surface area contributed by atoms with Crippen molar-refractivity contribution in [3.05, 3.63) is 27.3 Å². The maximum Gasteiger partial charge on any atom is 0.190 e. The first kappa shape index (κ1) is 13.6. The smallest absolute Gasteiger partial charge is 0.190 e. The quantitative estimate of drug-likeness (QED) is 0.529. The number of rotatable bonds is 4. The van der Waals surface area contributed by atoms with Crippen LogP contribution >= 0.6 is 34.7 Å². The van der Waals surface area contributed by atoms with Gasteiger partial charge in [-0.1, -0.05) is 23.4 Å². The molecule has 0 saturated carbocycles. The number of aromatic nitrogens is 3. The number of hydrogen-bond acceptors (Lipinski definition) is 6. The third-order valence-electron chi connectivity index (χ3n) is 2.23. The molecule has 2 aromatic rings. The van der Waals surface area contributed by atoms with Crippen LogP contribution < -0.4 is 5.32 Å². The van der Waals surface area contributed by atoms with Crippen molar-refractivity contribution in [3.8, 4) is 0 Å². The van der Waals surface area contributed by atoms with Crippen LogP contribution in [0.4, 0.5) is 5.82 Å². The molecule has 0 spiro atoms. The van der Waals surface area contributed by atoms with Crippen molar-refractivity contribution >= 4 is 40.5 Å². The van der Waals surface area contributed by atoms with E-state index in [2.05, 4.69) is 20.3 Å². The molecule has 1 atom stereocenters. The fourth-order valence-electron chi connectivity index (χ4n) is 1.42. The van der Waals surface area contributed by atoms with Gasteiger partial charge in [-0.05, 0) is 20.1 Å². The Bertz CT molecular complexity index is 544. The van der Waals surface area contributed by atoms with Crippen molar-refractivity contribution in [3.63, 3.8) is 0 Å². The molecule has 0 fully saturated rings. The van der Waals surface area contributed by atoms with Crippen molar-refractivity contribution in [2.24, 2.45) is 0 Å². The van der Waals surface area contributed by atoms with Crippen molar-refractivity contribution in [1.82, 2.24) is 15.0 Å². The van der Waals surface area contributed by atoms with Crippen LogP contribution in [0.3, 0.4) is 0 Å². The average Bonchev–Trinajstić information content (AvgIpc) is 2.75. The molecular weight excluding hydrogens is 288 g/mol. The number of nitrogens with zero attached hydrogens (tertiary/aromatic N) is 3. The molecule has 7 heteroatoms.